The lowest BCUT2D eigenvalue weighted by Crippen LogP contribution is -2.23. The van der Waals surface area contributed by atoms with Gasteiger partial charge in [-0.1, -0.05) is 152 Å². The standard InChI is InChI=1S/C48H33NO/c1-48(40-22-10-7-19-37(40)38-20-8-11-23-41(38)48)42-30-31-44(47-46(42)39-21-9-12-25-45(39)50-47)49(43-24-13-17-34-16-5-6-18-36(34)43)35-28-26-33(27-29-35)32-14-3-2-4-15-32/h2-31H,1H3. The molecule has 2 heteroatoms. The predicted molar refractivity (Wildman–Crippen MR) is 209 cm³/mol. The third kappa shape index (κ3) is 4.15. The second-order valence-corrected chi connectivity index (χ2v) is 13.4. The van der Waals surface area contributed by atoms with Gasteiger partial charge in [-0.25, -0.2) is 0 Å². The molecule has 0 atom stereocenters. The van der Waals surface area contributed by atoms with Crippen molar-refractivity contribution in [3.8, 4) is 22.3 Å². The molecule has 1 aliphatic carbocycles. The van der Waals surface area contributed by atoms with Gasteiger partial charge in [-0.15, -0.1) is 0 Å². The summed E-state index contributed by atoms with van der Waals surface area (Å²) in [7, 11) is 0. The van der Waals surface area contributed by atoms with Crippen molar-refractivity contribution in [3.63, 3.8) is 0 Å². The quantitative estimate of drug-likeness (QED) is 0.186. The van der Waals surface area contributed by atoms with Gasteiger partial charge in [-0.2, -0.15) is 0 Å². The number of rotatable bonds is 5. The number of nitrogens with zero attached hydrogens (tertiary/aromatic N) is 1. The first-order valence-corrected chi connectivity index (χ1v) is 17.3. The molecule has 0 N–H and O–H groups in total. The Balaban J connectivity index is 1.27. The van der Waals surface area contributed by atoms with Crippen molar-refractivity contribution in [2.24, 2.45) is 0 Å². The van der Waals surface area contributed by atoms with E-state index in [9.17, 15) is 0 Å². The van der Waals surface area contributed by atoms with Crippen LogP contribution in [0.4, 0.5) is 17.1 Å². The summed E-state index contributed by atoms with van der Waals surface area (Å²) in [5, 5.41) is 4.65. The fourth-order valence-electron chi connectivity index (χ4n) is 8.40. The Bertz CT molecular complexity index is 2670. The molecule has 0 saturated heterocycles. The molecule has 0 fully saturated rings. The van der Waals surface area contributed by atoms with Crippen LogP contribution in [-0.4, -0.2) is 0 Å². The highest BCUT2D eigenvalue weighted by Crippen LogP contribution is 2.56. The summed E-state index contributed by atoms with van der Waals surface area (Å²) in [6, 6.07) is 65.6. The molecular formula is C48H33NO. The van der Waals surface area contributed by atoms with Crippen LogP contribution in [0.25, 0.3) is 55.0 Å². The minimum atomic E-state index is -0.377. The highest BCUT2D eigenvalue weighted by atomic mass is 16.3. The van der Waals surface area contributed by atoms with Crippen LogP contribution in [0.3, 0.4) is 0 Å². The van der Waals surface area contributed by atoms with Gasteiger partial charge < -0.3 is 9.32 Å². The molecule has 0 spiro atoms. The van der Waals surface area contributed by atoms with Gasteiger partial charge in [-0.3, -0.25) is 0 Å². The van der Waals surface area contributed by atoms with E-state index in [4.69, 9.17) is 4.42 Å². The predicted octanol–water partition coefficient (Wildman–Crippen LogP) is 13.2. The second kappa shape index (κ2) is 11.1. The molecule has 50 heavy (non-hydrogen) atoms. The normalized spacial score (nSPS) is 13.1. The van der Waals surface area contributed by atoms with Gasteiger partial charge in [0, 0.05) is 27.3 Å². The molecule has 0 unspecified atom stereocenters. The van der Waals surface area contributed by atoms with Crippen molar-refractivity contribution in [1.29, 1.82) is 0 Å². The number of hydrogen-bond acceptors (Lipinski definition) is 2. The van der Waals surface area contributed by atoms with Gasteiger partial charge in [0.1, 0.15) is 5.58 Å². The Morgan fingerprint density at radius 3 is 1.80 bits per heavy atom. The number of hydrogen-bond donors (Lipinski definition) is 0. The summed E-state index contributed by atoms with van der Waals surface area (Å²) >= 11 is 0. The lowest BCUT2D eigenvalue weighted by molar-refractivity contribution is 0.666. The van der Waals surface area contributed by atoms with E-state index in [1.54, 1.807) is 0 Å². The van der Waals surface area contributed by atoms with Crippen LogP contribution in [0.1, 0.15) is 23.6 Å². The molecule has 1 aliphatic rings. The second-order valence-electron chi connectivity index (χ2n) is 13.4. The summed E-state index contributed by atoms with van der Waals surface area (Å²) in [4.78, 5) is 2.38. The number of para-hydroxylation sites is 1. The maximum atomic E-state index is 6.99. The third-order valence-corrected chi connectivity index (χ3v) is 10.7. The lowest BCUT2D eigenvalue weighted by Gasteiger charge is -2.31. The zero-order chi connectivity index (χ0) is 33.2. The van der Waals surface area contributed by atoms with E-state index >= 15 is 0 Å². The third-order valence-electron chi connectivity index (χ3n) is 10.7. The van der Waals surface area contributed by atoms with E-state index < -0.39 is 0 Å². The number of fused-ring (bicyclic) bond motifs is 7. The largest absolute Gasteiger partial charge is 0.454 e. The Hall–Kier alpha value is -6.38. The van der Waals surface area contributed by atoms with Crippen molar-refractivity contribution in [2.75, 3.05) is 4.90 Å². The van der Waals surface area contributed by atoms with E-state index in [0.29, 0.717) is 0 Å². The number of furan rings is 1. The van der Waals surface area contributed by atoms with Crippen LogP contribution in [0.15, 0.2) is 186 Å². The van der Waals surface area contributed by atoms with Crippen molar-refractivity contribution >= 4 is 49.8 Å². The molecule has 8 aromatic carbocycles. The van der Waals surface area contributed by atoms with Crippen LogP contribution in [0.5, 0.6) is 0 Å². The van der Waals surface area contributed by atoms with E-state index in [-0.39, 0.29) is 5.41 Å². The SMILES string of the molecule is CC1(c2ccc(N(c3ccc(-c4ccccc4)cc3)c3cccc4ccccc34)c3oc4ccccc4c23)c2ccccc2-c2ccccc21. The molecule has 236 valence electrons. The molecule has 0 bridgehead atoms. The molecule has 10 rings (SSSR count). The fraction of sp³-hybridized carbons (Fsp3) is 0.0417. The maximum absolute atomic E-state index is 6.99. The van der Waals surface area contributed by atoms with E-state index in [1.165, 1.54) is 49.7 Å². The first-order chi connectivity index (χ1) is 24.7. The number of anilines is 3. The van der Waals surface area contributed by atoms with Gasteiger partial charge >= 0.3 is 0 Å². The average Bonchev–Trinajstić information content (AvgIpc) is 3.70. The zero-order valence-corrected chi connectivity index (χ0v) is 27.7. The van der Waals surface area contributed by atoms with Gasteiger partial charge in [0.05, 0.1) is 11.4 Å². The van der Waals surface area contributed by atoms with Crippen molar-refractivity contribution in [1.82, 2.24) is 0 Å². The van der Waals surface area contributed by atoms with Gasteiger partial charge in [0.25, 0.3) is 0 Å². The molecular weight excluding hydrogens is 607 g/mol. The van der Waals surface area contributed by atoms with Crippen LogP contribution in [-0.2, 0) is 5.41 Å². The van der Waals surface area contributed by atoms with E-state index in [1.807, 2.05) is 0 Å². The smallest absolute Gasteiger partial charge is 0.159 e. The van der Waals surface area contributed by atoms with Crippen LogP contribution < -0.4 is 4.90 Å². The minimum absolute atomic E-state index is 0.377. The summed E-state index contributed by atoms with van der Waals surface area (Å²) < 4.78 is 6.99. The van der Waals surface area contributed by atoms with Gasteiger partial charge in [-0.05, 0) is 81.6 Å². The Morgan fingerprint density at radius 1 is 0.440 bits per heavy atom. The zero-order valence-electron chi connectivity index (χ0n) is 27.7. The number of benzene rings is 8. The molecule has 2 nitrogen and oxygen atoms in total. The summed E-state index contributed by atoms with van der Waals surface area (Å²) in [6.45, 7) is 2.39. The fourth-order valence-corrected chi connectivity index (χ4v) is 8.40. The molecule has 1 aromatic heterocycles. The van der Waals surface area contributed by atoms with Gasteiger partial charge in [0.15, 0.2) is 5.58 Å². The summed E-state index contributed by atoms with van der Waals surface area (Å²) in [6.07, 6.45) is 0. The monoisotopic (exact) mass is 639 g/mol. The minimum Gasteiger partial charge on any atom is -0.454 e. The maximum Gasteiger partial charge on any atom is 0.159 e. The van der Waals surface area contributed by atoms with Crippen LogP contribution in [0.2, 0.25) is 0 Å². The Kier molecular flexibility index (Phi) is 6.34. The van der Waals surface area contributed by atoms with Crippen molar-refractivity contribution in [2.45, 2.75) is 12.3 Å². The van der Waals surface area contributed by atoms with Crippen molar-refractivity contribution in [3.05, 3.63) is 199 Å². The van der Waals surface area contributed by atoms with Crippen LogP contribution >= 0.6 is 0 Å². The summed E-state index contributed by atoms with van der Waals surface area (Å²) in [5.41, 5.74) is 13.4. The van der Waals surface area contributed by atoms with Crippen molar-refractivity contribution < 1.29 is 4.42 Å². The average molecular weight is 640 g/mol. The highest BCUT2D eigenvalue weighted by molar-refractivity contribution is 6.14. The molecule has 0 amide bonds. The molecule has 0 aliphatic heterocycles. The first-order valence-electron chi connectivity index (χ1n) is 17.3. The molecule has 1 heterocycles. The highest BCUT2D eigenvalue weighted by Gasteiger charge is 2.42. The lowest BCUT2D eigenvalue weighted by atomic mass is 9.72. The molecule has 0 saturated carbocycles. The Labute approximate surface area is 291 Å². The van der Waals surface area contributed by atoms with E-state index in [0.717, 1.165) is 39.0 Å². The molecule has 9 aromatic rings. The van der Waals surface area contributed by atoms with Crippen LogP contribution in [0, 0.1) is 0 Å². The Morgan fingerprint density at radius 2 is 1.04 bits per heavy atom. The molecule has 0 radical (unpaired) electrons. The summed E-state index contributed by atoms with van der Waals surface area (Å²) in [5.74, 6) is 0. The topological polar surface area (TPSA) is 16.4 Å². The first kappa shape index (κ1) is 28.6. The van der Waals surface area contributed by atoms with E-state index in [2.05, 4.69) is 194 Å². The van der Waals surface area contributed by atoms with Gasteiger partial charge in [0.2, 0.25) is 0 Å².